The van der Waals surface area contributed by atoms with Gasteiger partial charge in [0.05, 0.1) is 0 Å². The summed E-state index contributed by atoms with van der Waals surface area (Å²) in [4.78, 5) is 5.33. The lowest BCUT2D eigenvalue weighted by Crippen LogP contribution is -2.46. The number of piperidine rings is 2. The van der Waals surface area contributed by atoms with E-state index in [0.717, 1.165) is 6.04 Å². The van der Waals surface area contributed by atoms with Crippen molar-refractivity contribution in [3.63, 3.8) is 0 Å². The lowest BCUT2D eigenvalue weighted by Gasteiger charge is -2.39. The topological polar surface area (TPSA) is 6.48 Å². The van der Waals surface area contributed by atoms with Crippen molar-refractivity contribution in [2.24, 2.45) is 0 Å². The van der Waals surface area contributed by atoms with Crippen molar-refractivity contribution in [2.45, 2.75) is 45.1 Å². The molecule has 2 fully saturated rings. The van der Waals surface area contributed by atoms with Crippen LogP contribution in [0.25, 0.3) is 0 Å². The fraction of sp³-hybridized carbons (Fsp3) is 1.00. The zero-order valence-electron chi connectivity index (χ0n) is 9.54. The van der Waals surface area contributed by atoms with E-state index in [1.807, 2.05) is 0 Å². The molecule has 0 aliphatic carbocycles. The molecule has 2 heteroatoms. The minimum atomic E-state index is 0.915. The lowest BCUT2D eigenvalue weighted by atomic mass is 10.00. The molecule has 0 unspecified atom stereocenters. The molecule has 0 aromatic rings. The third-order valence-corrected chi connectivity index (χ3v) is 3.91. The van der Waals surface area contributed by atoms with Crippen LogP contribution in [0.1, 0.15) is 39.0 Å². The van der Waals surface area contributed by atoms with E-state index in [0.29, 0.717) is 0 Å². The quantitative estimate of drug-likeness (QED) is 0.666. The second kappa shape index (κ2) is 5.13. The van der Waals surface area contributed by atoms with Crippen LogP contribution in [0.5, 0.6) is 0 Å². The summed E-state index contributed by atoms with van der Waals surface area (Å²) < 4.78 is 0. The van der Waals surface area contributed by atoms with Gasteiger partial charge in [0.25, 0.3) is 0 Å². The predicted molar refractivity (Wildman–Crippen MR) is 60.6 cm³/mol. The molecule has 0 spiro atoms. The first kappa shape index (κ1) is 10.4. The molecule has 0 atom stereocenters. The third-order valence-electron chi connectivity index (χ3n) is 3.91. The summed E-state index contributed by atoms with van der Waals surface area (Å²) in [5.74, 6) is 0. The average Bonchev–Trinajstić information content (AvgIpc) is 2.30. The SMILES string of the molecule is CCN1CCC(N2CCCCC2)CC1. The van der Waals surface area contributed by atoms with Gasteiger partial charge in [-0.3, -0.25) is 0 Å². The zero-order valence-corrected chi connectivity index (χ0v) is 9.54. The highest BCUT2D eigenvalue weighted by atomic mass is 15.2. The van der Waals surface area contributed by atoms with Crippen molar-refractivity contribution >= 4 is 0 Å². The molecule has 2 nitrogen and oxygen atoms in total. The highest BCUT2D eigenvalue weighted by Crippen LogP contribution is 2.20. The fourth-order valence-corrected chi connectivity index (χ4v) is 2.88. The van der Waals surface area contributed by atoms with Gasteiger partial charge in [-0.05, 0) is 58.4 Å². The Morgan fingerprint density at radius 3 is 2.14 bits per heavy atom. The standard InChI is InChI=1S/C12H24N2/c1-2-13-10-6-12(7-11-13)14-8-4-3-5-9-14/h12H,2-11H2,1H3. The Bertz CT molecular complexity index is 156. The molecule has 0 aromatic heterocycles. The second-order valence-corrected chi connectivity index (χ2v) is 4.76. The Balaban J connectivity index is 1.76. The highest BCUT2D eigenvalue weighted by Gasteiger charge is 2.24. The van der Waals surface area contributed by atoms with E-state index < -0.39 is 0 Å². The van der Waals surface area contributed by atoms with E-state index in [-0.39, 0.29) is 0 Å². The summed E-state index contributed by atoms with van der Waals surface area (Å²) in [6.45, 7) is 8.93. The molecule has 2 heterocycles. The summed E-state index contributed by atoms with van der Waals surface area (Å²) in [6.07, 6.45) is 7.16. The van der Waals surface area contributed by atoms with Gasteiger partial charge in [-0.25, -0.2) is 0 Å². The van der Waals surface area contributed by atoms with Crippen LogP contribution in [0.3, 0.4) is 0 Å². The molecule has 2 aliphatic rings. The molecular weight excluding hydrogens is 172 g/mol. The van der Waals surface area contributed by atoms with Gasteiger partial charge < -0.3 is 9.80 Å². The van der Waals surface area contributed by atoms with Gasteiger partial charge in [0, 0.05) is 6.04 Å². The first-order chi connectivity index (χ1) is 6.90. The lowest BCUT2D eigenvalue weighted by molar-refractivity contribution is 0.0949. The molecule has 2 rings (SSSR count). The van der Waals surface area contributed by atoms with E-state index in [9.17, 15) is 0 Å². The Morgan fingerprint density at radius 2 is 1.57 bits per heavy atom. The van der Waals surface area contributed by atoms with Gasteiger partial charge in [-0.2, -0.15) is 0 Å². The Kier molecular flexibility index (Phi) is 3.82. The van der Waals surface area contributed by atoms with Gasteiger partial charge >= 0.3 is 0 Å². The molecule has 0 saturated carbocycles. The normalized spacial score (nSPS) is 28.1. The van der Waals surface area contributed by atoms with Crippen LogP contribution in [0.4, 0.5) is 0 Å². The molecule has 82 valence electrons. The van der Waals surface area contributed by atoms with E-state index in [2.05, 4.69) is 16.7 Å². The monoisotopic (exact) mass is 196 g/mol. The molecule has 0 amide bonds. The van der Waals surface area contributed by atoms with Gasteiger partial charge in [0.2, 0.25) is 0 Å². The van der Waals surface area contributed by atoms with Crippen LogP contribution in [0, 0.1) is 0 Å². The minimum Gasteiger partial charge on any atom is -0.303 e. The van der Waals surface area contributed by atoms with Crippen molar-refractivity contribution in [1.82, 2.24) is 9.80 Å². The Hall–Kier alpha value is -0.0800. The fourth-order valence-electron chi connectivity index (χ4n) is 2.88. The van der Waals surface area contributed by atoms with E-state index in [4.69, 9.17) is 0 Å². The van der Waals surface area contributed by atoms with E-state index in [1.54, 1.807) is 0 Å². The predicted octanol–water partition coefficient (Wildman–Crippen LogP) is 1.96. The van der Waals surface area contributed by atoms with Crippen LogP contribution in [0.2, 0.25) is 0 Å². The van der Waals surface area contributed by atoms with Crippen LogP contribution in [-0.2, 0) is 0 Å². The van der Waals surface area contributed by atoms with Crippen LogP contribution < -0.4 is 0 Å². The van der Waals surface area contributed by atoms with Crippen molar-refractivity contribution in [3.05, 3.63) is 0 Å². The number of likely N-dealkylation sites (tertiary alicyclic amines) is 2. The number of hydrogen-bond acceptors (Lipinski definition) is 2. The summed E-state index contributed by atoms with van der Waals surface area (Å²) >= 11 is 0. The molecule has 0 N–H and O–H groups in total. The zero-order chi connectivity index (χ0) is 9.80. The number of rotatable bonds is 2. The molecule has 0 aromatic carbocycles. The maximum Gasteiger partial charge on any atom is 0.0120 e. The van der Waals surface area contributed by atoms with Crippen LogP contribution >= 0.6 is 0 Å². The third kappa shape index (κ3) is 2.48. The van der Waals surface area contributed by atoms with Crippen LogP contribution in [-0.4, -0.2) is 48.6 Å². The minimum absolute atomic E-state index is 0.915. The van der Waals surface area contributed by atoms with Crippen molar-refractivity contribution in [1.29, 1.82) is 0 Å². The first-order valence-electron chi connectivity index (χ1n) is 6.36. The van der Waals surface area contributed by atoms with E-state index >= 15 is 0 Å². The molecule has 2 saturated heterocycles. The highest BCUT2D eigenvalue weighted by molar-refractivity contribution is 4.80. The first-order valence-corrected chi connectivity index (χ1v) is 6.36. The number of hydrogen-bond donors (Lipinski definition) is 0. The summed E-state index contributed by atoms with van der Waals surface area (Å²) in [6, 6.07) is 0.915. The molecule has 0 radical (unpaired) electrons. The van der Waals surface area contributed by atoms with Crippen molar-refractivity contribution < 1.29 is 0 Å². The molecule has 14 heavy (non-hydrogen) atoms. The van der Waals surface area contributed by atoms with Crippen molar-refractivity contribution in [3.8, 4) is 0 Å². The Labute approximate surface area is 88.3 Å². The van der Waals surface area contributed by atoms with Gasteiger partial charge in [-0.15, -0.1) is 0 Å². The van der Waals surface area contributed by atoms with Gasteiger partial charge in [0.1, 0.15) is 0 Å². The number of nitrogens with zero attached hydrogens (tertiary/aromatic N) is 2. The van der Waals surface area contributed by atoms with Crippen molar-refractivity contribution in [2.75, 3.05) is 32.7 Å². The molecule has 2 aliphatic heterocycles. The maximum absolute atomic E-state index is 2.75. The van der Waals surface area contributed by atoms with Gasteiger partial charge in [-0.1, -0.05) is 13.3 Å². The van der Waals surface area contributed by atoms with E-state index in [1.165, 1.54) is 64.8 Å². The summed E-state index contributed by atoms with van der Waals surface area (Å²) in [5.41, 5.74) is 0. The average molecular weight is 196 g/mol. The van der Waals surface area contributed by atoms with Crippen LogP contribution in [0.15, 0.2) is 0 Å². The summed E-state index contributed by atoms with van der Waals surface area (Å²) in [7, 11) is 0. The molecular formula is C12H24N2. The smallest absolute Gasteiger partial charge is 0.0120 e. The summed E-state index contributed by atoms with van der Waals surface area (Å²) in [5, 5.41) is 0. The Morgan fingerprint density at radius 1 is 0.929 bits per heavy atom. The molecule has 0 bridgehead atoms. The second-order valence-electron chi connectivity index (χ2n) is 4.76. The largest absolute Gasteiger partial charge is 0.303 e. The van der Waals surface area contributed by atoms with Gasteiger partial charge in [0.15, 0.2) is 0 Å². The maximum atomic E-state index is 2.75.